The molecule has 2 aromatic carbocycles. The van der Waals surface area contributed by atoms with Crippen molar-refractivity contribution in [3.05, 3.63) is 54.1 Å². The number of amides is 1. The number of carbonyl (C=O) groups is 1. The summed E-state index contributed by atoms with van der Waals surface area (Å²) in [5, 5.41) is 14.2. The Kier molecular flexibility index (Phi) is 5.03. The lowest BCUT2D eigenvalue weighted by Gasteiger charge is -2.09. The second-order valence-electron chi connectivity index (χ2n) is 5.54. The van der Waals surface area contributed by atoms with Gasteiger partial charge >= 0.3 is 0 Å². The van der Waals surface area contributed by atoms with E-state index in [1.165, 1.54) is 5.56 Å². The second-order valence-corrected chi connectivity index (χ2v) is 5.54. The van der Waals surface area contributed by atoms with Gasteiger partial charge in [0.2, 0.25) is 0 Å². The van der Waals surface area contributed by atoms with Gasteiger partial charge in [-0.1, -0.05) is 31.2 Å². The van der Waals surface area contributed by atoms with Gasteiger partial charge in [0.25, 0.3) is 5.91 Å². The Morgan fingerprint density at radius 2 is 2.00 bits per heavy atom. The van der Waals surface area contributed by atoms with Gasteiger partial charge in [0, 0.05) is 18.3 Å². The van der Waals surface area contributed by atoms with E-state index in [1.807, 2.05) is 42.5 Å². The molecule has 128 valence electrons. The van der Waals surface area contributed by atoms with Crippen molar-refractivity contribution in [1.29, 1.82) is 0 Å². The number of aromatic nitrogens is 4. The van der Waals surface area contributed by atoms with E-state index in [9.17, 15) is 4.79 Å². The molecule has 0 fully saturated rings. The van der Waals surface area contributed by atoms with Crippen LogP contribution in [0, 0.1) is 0 Å². The van der Waals surface area contributed by atoms with Crippen LogP contribution >= 0.6 is 0 Å². The lowest BCUT2D eigenvalue weighted by Crippen LogP contribution is -2.20. The number of anilines is 1. The van der Waals surface area contributed by atoms with Crippen molar-refractivity contribution in [2.45, 2.75) is 13.3 Å². The summed E-state index contributed by atoms with van der Waals surface area (Å²) >= 11 is 0. The zero-order chi connectivity index (χ0) is 17.6. The van der Waals surface area contributed by atoms with Gasteiger partial charge < -0.3 is 10.1 Å². The number of hydrogen-bond donors (Lipinski definition) is 1. The Hall–Kier alpha value is -3.22. The van der Waals surface area contributed by atoms with Crippen LogP contribution in [0.5, 0.6) is 5.75 Å². The van der Waals surface area contributed by atoms with E-state index in [-0.39, 0.29) is 12.5 Å². The number of benzene rings is 2. The van der Waals surface area contributed by atoms with Gasteiger partial charge in [0.05, 0.1) is 0 Å². The summed E-state index contributed by atoms with van der Waals surface area (Å²) in [7, 11) is 1.76. The highest BCUT2D eigenvalue weighted by atomic mass is 16.5. The molecule has 0 aliphatic carbocycles. The number of aryl methyl sites for hydroxylation is 2. The molecule has 0 spiro atoms. The SMILES string of the molecule is CCc1ccc(OCC(=O)Nc2cccc(-c3nnnn3C)c2)cc1. The Balaban J connectivity index is 1.60. The topological polar surface area (TPSA) is 81.9 Å². The number of tetrazole rings is 1. The third kappa shape index (κ3) is 4.20. The minimum absolute atomic E-state index is 0.0544. The number of rotatable bonds is 6. The minimum Gasteiger partial charge on any atom is -0.484 e. The maximum Gasteiger partial charge on any atom is 0.262 e. The highest BCUT2D eigenvalue weighted by Crippen LogP contribution is 2.19. The molecule has 0 atom stereocenters. The number of ether oxygens (including phenoxy) is 1. The summed E-state index contributed by atoms with van der Waals surface area (Å²) in [4.78, 5) is 12.1. The van der Waals surface area contributed by atoms with Gasteiger partial charge in [-0.25, -0.2) is 4.68 Å². The summed E-state index contributed by atoms with van der Waals surface area (Å²) < 4.78 is 7.09. The zero-order valence-electron chi connectivity index (χ0n) is 14.1. The van der Waals surface area contributed by atoms with Gasteiger partial charge in [-0.15, -0.1) is 5.10 Å². The van der Waals surface area contributed by atoms with Gasteiger partial charge in [-0.3, -0.25) is 4.79 Å². The van der Waals surface area contributed by atoms with E-state index >= 15 is 0 Å². The van der Waals surface area contributed by atoms with Crippen LogP contribution in [0.15, 0.2) is 48.5 Å². The first-order chi connectivity index (χ1) is 12.2. The van der Waals surface area contributed by atoms with Crippen molar-refractivity contribution >= 4 is 11.6 Å². The summed E-state index contributed by atoms with van der Waals surface area (Å²) in [5.41, 5.74) is 2.71. The van der Waals surface area contributed by atoms with E-state index in [1.54, 1.807) is 17.8 Å². The van der Waals surface area contributed by atoms with Crippen molar-refractivity contribution in [2.75, 3.05) is 11.9 Å². The lowest BCUT2D eigenvalue weighted by molar-refractivity contribution is -0.118. The average molecular weight is 337 g/mol. The predicted molar refractivity (Wildman–Crippen MR) is 94.2 cm³/mol. The zero-order valence-corrected chi connectivity index (χ0v) is 14.1. The van der Waals surface area contributed by atoms with Crippen molar-refractivity contribution in [3.63, 3.8) is 0 Å². The smallest absolute Gasteiger partial charge is 0.262 e. The molecule has 1 aromatic heterocycles. The molecule has 7 nitrogen and oxygen atoms in total. The van der Waals surface area contributed by atoms with Crippen LogP contribution in [0.2, 0.25) is 0 Å². The van der Waals surface area contributed by atoms with Crippen LogP contribution in [0.3, 0.4) is 0 Å². The molecule has 0 bridgehead atoms. The third-order valence-corrected chi connectivity index (χ3v) is 3.73. The van der Waals surface area contributed by atoms with Crippen LogP contribution in [-0.2, 0) is 18.3 Å². The molecule has 0 radical (unpaired) electrons. The van der Waals surface area contributed by atoms with Crippen molar-refractivity contribution in [2.24, 2.45) is 7.05 Å². The van der Waals surface area contributed by atoms with Crippen LogP contribution in [0.1, 0.15) is 12.5 Å². The standard InChI is InChI=1S/C18H19N5O2/c1-3-13-7-9-16(10-8-13)25-12-17(24)19-15-6-4-5-14(11-15)18-20-21-22-23(18)2/h4-11H,3,12H2,1-2H3,(H,19,24). The summed E-state index contributed by atoms with van der Waals surface area (Å²) in [5.74, 6) is 1.07. The molecule has 7 heteroatoms. The predicted octanol–water partition coefficient (Wildman–Crippen LogP) is 2.46. The van der Waals surface area contributed by atoms with Crippen LogP contribution in [0.4, 0.5) is 5.69 Å². The third-order valence-electron chi connectivity index (χ3n) is 3.73. The van der Waals surface area contributed by atoms with Crippen molar-refractivity contribution < 1.29 is 9.53 Å². The van der Waals surface area contributed by atoms with Crippen LogP contribution < -0.4 is 10.1 Å². The Morgan fingerprint density at radius 1 is 1.20 bits per heavy atom. The first kappa shape index (κ1) is 16.6. The minimum atomic E-state index is -0.229. The number of carbonyl (C=O) groups excluding carboxylic acids is 1. The molecule has 0 saturated carbocycles. The number of hydrogen-bond acceptors (Lipinski definition) is 5. The first-order valence-corrected chi connectivity index (χ1v) is 8.00. The second kappa shape index (κ2) is 7.57. The highest BCUT2D eigenvalue weighted by molar-refractivity contribution is 5.92. The van der Waals surface area contributed by atoms with E-state index in [0.717, 1.165) is 12.0 Å². The Labute approximate surface area is 145 Å². The molecule has 1 heterocycles. The molecular formula is C18H19N5O2. The molecule has 0 unspecified atom stereocenters. The molecule has 0 aliphatic heterocycles. The highest BCUT2D eigenvalue weighted by Gasteiger charge is 2.08. The number of nitrogens with one attached hydrogen (secondary N) is 1. The summed E-state index contributed by atoms with van der Waals surface area (Å²) in [6, 6.07) is 15.1. The average Bonchev–Trinajstić information content (AvgIpc) is 3.06. The van der Waals surface area contributed by atoms with Crippen LogP contribution in [-0.4, -0.2) is 32.7 Å². The van der Waals surface area contributed by atoms with Gasteiger partial charge in [-0.05, 0) is 46.7 Å². The maximum absolute atomic E-state index is 12.1. The Bertz CT molecular complexity index is 858. The maximum atomic E-state index is 12.1. The normalized spacial score (nSPS) is 10.5. The molecule has 1 amide bonds. The molecule has 3 aromatic rings. The van der Waals surface area contributed by atoms with E-state index in [2.05, 4.69) is 27.8 Å². The fraction of sp³-hybridized carbons (Fsp3) is 0.222. The largest absolute Gasteiger partial charge is 0.484 e. The van der Waals surface area contributed by atoms with Crippen LogP contribution in [0.25, 0.3) is 11.4 Å². The summed E-state index contributed by atoms with van der Waals surface area (Å²) in [6.45, 7) is 2.04. The molecule has 3 rings (SSSR count). The van der Waals surface area contributed by atoms with Gasteiger partial charge in [0.1, 0.15) is 5.75 Å². The monoisotopic (exact) mass is 337 g/mol. The quantitative estimate of drug-likeness (QED) is 0.747. The van der Waals surface area contributed by atoms with Gasteiger partial charge in [-0.2, -0.15) is 0 Å². The summed E-state index contributed by atoms with van der Waals surface area (Å²) in [6.07, 6.45) is 0.970. The van der Waals surface area contributed by atoms with Gasteiger partial charge in [0.15, 0.2) is 12.4 Å². The van der Waals surface area contributed by atoms with E-state index in [0.29, 0.717) is 17.3 Å². The molecule has 0 aliphatic rings. The van der Waals surface area contributed by atoms with E-state index < -0.39 is 0 Å². The fourth-order valence-corrected chi connectivity index (χ4v) is 2.38. The molecule has 25 heavy (non-hydrogen) atoms. The van der Waals surface area contributed by atoms with Crippen molar-refractivity contribution in [3.8, 4) is 17.1 Å². The fourth-order valence-electron chi connectivity index (χ4n) is 2.38. The number of nitrogens with zero attached hydrogens (tertiary/aromatic N) is 4. The molecule has 1 N–H and O–H groups in total. The first-order valence-electron chi connectivity index (χ1n) is 8.00. The van der Waals surface area contributed by atoms with Crippen molar-refractivity contribution in [1.82, 2.24) is 20.2 Å². The lowest BCUT2D eigenvalue weighted by atomic mass is 10.2. The molecule has 0 saturated heterocycles. The Morgan fingerprint density at radius 3 is 2.68 bits per heavy atom. The molecular weight excluding hydrogens is 318 g/mol. The van der Waals surface area contributed by atoms with E-state index in [4.69, 9.17) is 4.74 Å².